The first-order chi connectivity index (χ1) is 6.63. The Morgan fingerprint density at radius 1 is 1.40 bits per heavy atom. The third kappa shape index (κ3) is 4.11. The van der Waals surface area contributed by atoms with Gasteiger partial charge in [0.15, 0.2) is 0 Å². The van der Waals surface area contributed by atoms with Gasteiger partial charge in [-0.2, -0.15) is 0 Å². The summed E-state index contributed by atoms with van der Waals surface area (Å²) in [5, 5.41) is 19.4. The summed E-state index contributed by atoms with van der Waals surface area (Å²) in [7, 11) is 1.25. The molecule has 1 N–H and O–H groups in total. The number of ether oxygens (including phenoxy) is 1. The van der Waals surface area contributed by atoms with Crippen LogP contribution in [0.3, 0.4) is 0 Å². The van der Waals surface area contributed by atoms with Gasteiger partial charge in [-0.15, -0.1) is 0 Å². The van der Waals surface area contributed by atoms with Gasteiger partial charge < -0.3 is 19.7 Å². The van der Waals surface area contributed by atoms with Crippen LogP contribution in [0.4, 0.5) is 0 Å². The summed E-state index contributed by atoms with van der Waals surface area (Å²) >= 11 is 0. The molecular weight excluding hydrogens is 191 g/mol. The standard InChI is InChI=1S/C10H10O4.Li/c1-14-9(10(12)13)6-7-2-4-8(11)5-3-7;/h2-6,11H,1H3,(H,12,13);/q;+1/p-1/b9-6-;. The molecule has 0 aliphatic carbocycles. The second kappa shape index (κ2) is 6.17. The molecule has 1 rings (SSSR count). The Bertz CT molecular complexity index is 356. The van der Waals surface area contributed by atoms with Crippen LogP contribution in [0, 0.1) is 0 Å². The van der Waals surface area contributed by atoms with E-state index in [1.165, 1.54) is 25.3 Å². The monoisotopic (exact) mass is 200 g/mol. The molecule has 0 aromatic heterocycles. The molecule has 0 spiro atoms. The maximum Gasteiger partial charge on any atom is 1.00 e. The molecule has 4 nitrogen and oxygen atoms in total. The van der Waals surface area contributed by atoms with Crippen LogP contribution in [0.2, 0.25) is 0 Å². The zero-order valence-corrected chi connectivity index (χ0v) is 8.56. The predicted octanol–water partition coefficient (Wildman–Crippen LogP) is -2.87. The fourth-order valence-corrected chi connectivity index (χ4v) is 0.923. The zero-order valence-electron chi connectivity index (χ0n) is 8.56. The molecule has 1 aromatic carbocycles. The number of aliphatic carboxylic acids is 1. The van der Waals surface area contributed by atoms with Crippen molar-refractivity contribution in [2.45, 2.75) is 0 Å². The second-order valence-electron chi connectivity index (χ2n) is 2.59. The van der Waals surface area contributed by atoms with Gasteiger partial charge in [0.25, 0.3) is 0 Å². The molecule has 5 heteroatoms. The number of phenolic OH excluding ortho intramolecular Hbond substituents is 1. The van der Waals surface area contributed by atoms with E-state index in [2.05, 4.69) is 4.74 Å². The number of carbonyl (C=O) groups is 1. The van der Waals surface area contributed by atoms with Crippen LogP contribution >= 0.6 is 0 Å². The minimum Gasteiger partial charge on any atom is -0.542 e. The molecular formula is C10H9LiO4. The van der Waals surface area contributed by atoms with Crippen molar-refractivity contribution in [3.8, 4) is 5.75 Å². The number of hydrogen-bond donors (Lipinski definition) is 1. The smallest absolute Gasteiger partial charge is 0.542 e. The quantitative estimate of drug-likeness (QED) is 0.323. The van der Waals surface area contributed by atoms with Crippen LogP contribution in [0.1, 0.15) is 5.56 Å². The molecule has 1 aromatic rings. The molecule has 15 heavy (non-hydrogen) atoms. The number of aromatic hydroxyl groups is 1. The second-order valence-corrected chi connectivity index (χ2v) is 2.59. The Hall–Kier alpha value is -1.37. The fourth-order valence-electron chi connectivity index (χ4n) is 0.923. The van der Waals surface area contributed by atoms with E-state index in [0.717, 1.165) is 0 Å². The summed E-state index contributed by atoms with van der Waals surface area (Å²) in [4.78, 5) is 10.4. The minimum atomic E-state index is -1.37. The summed E-state index contributed by atoms with van der Waals surface area (Å²) in [5.74, 6) is -1.51. The summed E-state index contributed by atoms with van der Waals surface area (Å²) in [5.41, 5.74) is 0.615. The van der Waals surface area contributed by atoms with Crippen molar-refractivity contribution >= 4 is 12.0 Å². The van der Waals surface area contributed by atoms with Crippen LogP contribution in [0.15, 0.2) is 30.0 Å². The summed E-state index contributed by atoms with van der Waals surface area (Å²) in [6.45, 7) is 0. The van der Waals surface area contributed by atoms with E-state index in [9.17, 15) is 9.90 Å². The Balaban J connectivity index is 0.00000196. The molecule has 0 radical (unpaired) electrons. The summed E-state index contributed by atoms with van der Waals surface area (Å²) in [6, 6.07) is 6.04. The average Bonchev–Trinajstić information content (AvgIpc) is 2.16. The van der Waals surface area contributed by atoms with E-state index in [1.54, 1.807) is 12.1 Å². The molecule has 0 amide bonds. The minimum absolute atomic E-state index is 0. The van der Waals surface area contributed by atoms with Crippen LogP contribution in [0.5, 0.6) is 5.75 Å². The molecule has 0 aliphatic rings. The SMILES string of the molecule is CO/C(=C\c1ccc(O)cc1)C(=O)[O-].[Li+]. The summed E-state index contributed by atoms with van der Waals surface area (Å²) < 4.78 is 4.58. The van der Waals surface area contributed by atoms with Crippen molar-refractivity contribution in [1.29, 1.82) is 0 Å². The van der Waals surface area contributed by atoms with Gasteiger partial charge in [0, 0.05) is 0 Å². The number of rotatable bonds is 3. The van der Waals surface area contributed by atoms with Crippen LogP contribution in [0.25, 0.3) is 6.08 Å². The number of carboxylic acid groups (broad SMARTS) is 1. The van der Waals surface area contributed by atoms with Gasteiger partial charge in [0.2, 0.25) is 0 Å². The van der Waals surface area contributed by atoms with E-state index < -0.39 is 5.97 Å². The normalized spacial score (nSPS) is 10.3. The fraction of sp³-hybridized carbons (Fsp3) is 0.100. The summed E-state index contributed by atoms with van der Waals surface area (Å²) in [6.07, 6.45) is 1.31. The molecule has 74 valence electrons. The zero-order chi connectivity index (χ0) is 10.6. The Morgan fingerprint density at radius 2 is 1.93 bits per heavy atom. The van der Waals surface area contributed by atoms with Crippen molar-refractivity contribution in [2.75, 3.05) is 7.11 Å². The largest absolute Gasteiger partial charge is 1.00 e. The third-order valence-corrected chi connectivity index (χ3v) is 1.61. The Labute approximate surface area is 99.4 Å². The number of phenols is 1. The number of carboxylic acids is 1. The first kappa shape index (κ1) is 13.6. The van der Waals surface area contributed by atoms with E-state index in [4.69, 9.17) is 5.11 Å². The van der Waals surface area contributed by atoms with E-state index in [0.29, 0.717) is 5.56 Å². The predicted molar refractivity (Wildman–Crippen MR) is 48.1 cm³/mol. The first-order valence-corrected chi connectivity index (χ1v) is 3.89. The molecule has 0 bridgehead atoms. The maximum absolute atomic E-state index is 10.4. The molecule has 0 heterocycles. The number of methoxy groups -OCH3 is 1. The van der Waals surface area contributed by atoms with Crippen molar-refractivity contribution < 1.29 is 38.6 Å². The molecule has 0 atom stereocenters. The van der Waals surface area contributed by atoms with Crippen molar-refractivity contribution in [3.05, 3.63) is 35.6 Å². The first-order valence-electron chi connectivity index (χ1n) is 3.89. The van der Waals surface area contributed by atoms with Crippen LogP contribution < -0.4 is 24.0 Å². The van der Waals surface area contributed by atoms with Gasteiger partial charge in [-0.25, -0.2) is 0 Å². The number of carbonyl (C=O) groups excluding carboxylic acids is 1. The third-order valence-electron chi connectivity index (χ3n) is 1.61. The molecule has 0 saturated heterocycles. The van der Waals surface area contributed by atoms with Crippen molar-refractivity contribution in [3.63, 3.8) is 0 Å². The Kier molecular flexibility index (Phi) is 5.61. The number of benzene rings is 1. The topological polar surface area (TPSA) is 69.6 Å². The van der Waals surface area contributed by atoms with Gasteiger partial charge in [0.05, 0.1) is 7.11 Å². The van der Waals surface area contributed by atoms with E-state index in [1.807, 2.05) is 0 Å². The van der Waals surface area contributed by atoms with Gasteiger partial charge >= 0.3 is 18.9 Å². The van der Waals surface area contributed by atoms with Crippen molar-refractivity contribution in [2.24, 2.45) is 0 Å². The van der Waals surface area contributed by atoms with Gasteiger partial charge in [-0.3, -0.25) is 0 Å². The molecule has 0 fully saturated rings. The molecule has 0 saturated carbocycles. The maximum atomic E-state index is 10.4. The Morgan fingerprint density at radius 3 is 2.33 bits per heavy atom. The molecule has 0 aliphatic heterocycles. The van der Waals surface area contributed by atoms with Gasteiger partial charge in [-0.05, 0) is 23.8 Å². The van der Waals surface area contributed by atoms with E-state index in [-0.39, 0.29) is 30.4 Å². The van der Waals surface area contributed by atoms with Gasteiger partial charge in [-0.1, -0.05) is 12.1 Å². The van der Waals surface area contributed by atoms with Gasteiger partial charge in [0.1, 0.15) is 17.5 Å². The van der Waals surface area contributed by atoms with Crippen LogP contribution in [-0.2, 0) is 9.53 Å². The van der Waals surface area contributed by atoms with Crippen molar-refractivity contribution in [1.82, 2.24) is 0 Å². The average molecular weight is 200 g/mol. The molecule has 0 unspecified atom stereocenters. The number of hydrogen-bond acceptors (Lipinski definition) is 4. The van der Waals surface area contributed by atoms with E-state index >= 15 is 0 Å². The van der Waals surface area contributed by atoms with Crippen LogP contribution in [-0.4, -0.2) is 18.2 Å².